The zero-order valence-electron chi connectivity index (χ0n) is 9.85. The summed E-state index contributed by atoms with van der Waals surface area (Å²) in [6.45, 7) is 0.149. The molecule has 0 atom stereocenters. The molecule has 0 aromatic rings. The molecule has 1 rings (SSSR count). The molecule has 1 fully saturated rings. The lowest BCUT2D eigenvalue weighted by Gasteiger charge is -2.40. The van der Waals surface area contributed by atoms with Gasteiger partial charge in [-0.3, -0.25) is 9.59 Å². The molecule has 0 aromatic carbocycles. The molecule has 1 aliphatic carbocycles. The minimum absolute atomic E-state index is 0.0491. The first-order chi connectivity index (χ1) is 8.22. The Morgan fingerprint density at radius 2 is 1.89 bits per heavy atom. The van der Waals surface area contributed by atoms with Crippen molar-refractivity contribution in [3.63, 3.8) is 0 Å². The summed E-state index contributed by atoms with van der Waals surface area (Å²) in [7, 11) is 0. The molecule has 0 radical (unpaired) electrons. The number of carboxylic acids is 1. The second-order valence-electron chi connectivity index (χ2n) is 4.82. The molecule has 0 aliphatic heterocycles. The van der Waals surface area contributed by atoms with Crippen molar-refractivity contribution in [2.75, 3.05) is 6.54 Å². The number of carbonyl (C=O) groups is 2. The first kappa shape index (κ1) is 14.8. The van der Waals surface area contributed by atoms with E-state index >= 15 is 0 Å². The molecule has 7 heteroatoms. The van der Waals surface area contributed by atoms with Crippen LogP contribution in [0.15, 0.2) is 0 Å². The van der Waals surface area contributed by atoms with Gasteiger partial charge in [0.1, 0.15) is 0 Å². The topological polar surface area (TPSA) is 66.4 Å². The van der Waals surface area contributed by atoms with E-state index in [2.05, 4.69) is 5.32 Å². The van der Waals surface area contributed by atoms with Crippen LogP contribution < -0.4 is 5.32 Å². The molecule has 18 heavy (non-hydrogen) atoms. The minimum atomic E-state index is -4.34. The maximum absolute atomic E-state index is 11.9. The second-order valence-corrected chi connectivity index (χ2v) is 4.82. The lowest BCUT2D eigenvalue weighted by atomic mass is 9.66. The van der Waals surface area contributed by atoms with E-state index in [1.807, 2.05) is 0 Å². The summed E-state index contributed by atoms with van der Waals surface area (Å²) in [5.41, 5.74) is -0.459. The van der Waals surface area contributed by atoms with Crippen LogP contribution in [0, 0.1) is 5.41 Å². The third kappa shape index (κ3) is 4.93. The van der Waals surface area contributed by atoms with E-state index < -0.39 is 36.3 Å². The van der Waals surface area contributed by atoms with Gasteiger partial charge in [0.2, 0.25) is 5.91 Å². The zero-order valence-corrected chi connectivity index (χ0v) is 9.85. The standard InChI is InChI=1S/C11H16F3NO3/c12-11(13,14)5-2-8(16)15-7-10(3-1-4-10)6-9(17)18/h1-7H2,(H,15,16)(H,17,18). The number of aliphatic carboxylic acids is 1. The third-order valence-corrected chi connectivity index (χ3v) is 3.24. The van der Waals surface area contributed by atoms with Crippen LogP contribution in [0.5, 0.6) is 0 Å². The molecule has 0 unspecified atom stereocenters. The van der Waals surface area contributed by atoms with E-state index in [0.29, 0.717) is 12.8 Å². The molecule has 0 saturated heterocycles. The largest absolute Gasteiger partial charge is 0.481 e. The number of nitrogens with one attached hydrogen (secondary N) is 1. The Bertz CT molecular complexity index is 324. The average molecular weight is 267 g/mol. The SMILES string of the molecule is O=C(O)CC1(CNC(=O)CCC(F)(F)F)CCC1. The maximum Gasteiger partial charge on any atom is 0.389 e. The summed E-state index contributed by atoms with van der Waals surface area (Å²) in [6.07, 6.45) is -3.86. The summed E-state index contributed by atoms with van der Waals surface area (Å²) < 4.78 is 35.6. The third-order valence-electron chi connectivity index (χ3n) is 3.24. The molecule has 0 bridgehead atoms. The summed E-state index contributed by atoms with van der Waals surface area (Å²) in [6, 6.07) is 0. The van der Waals surface area contributed by atoms with Crippen LogP contribution in [0.1, 0.15) is 38.5 Å². The zero-order chi connectivity index (χ0) is 13.8. The highest BCUT2D eigenvalue weighted by molar-refractivity contribution is 5.76. The predicted molar refractivity (Wildman–Crippen MR) is 56.8 cm³/mol. The molecular formula is C11H16F3NO3. The molecular weight excluding hydrogens is 251 g/mol. The summed E-state index contributed by atoms with van der Waals surface area (Å²) >= 11 is 0. The lowest BCUT2D eigenvalue weighted by molar-refractivity contribution is -0.145. The van der Waals surface area contributed by atoms with Crippen LogP contribution in [-0.2, 0) is 9.59 Å². The van der Waals surface area contributed by atoms with Crippen molar-refractivity contribution in [2.45, 2.75) is 44.7 Å². The smallest absolute Gasteiger partial charge is 0.389 e. The molecule has 0 spiro atoms. The quantitative estimate of drug-likeness (QED) is 0.774. The number of hydrogen-bond acceptors (Lipinski definition) is 2. The first-order valence-electron chi connectivity index (χ1n) is 5.78. The molecule has 1 saturated carbocycles. The van der Waals surface area contributed by atoms with Gasteiger partial charge in [-0.05, 0) is 18.3 Å². The van der Waals surface area contributed by atoms with Crippen LogP contribution in [0.2, 0.25) is 0 Å². The van der Waals surface area contributed by atoms with Gasteiger partial charge in [0.05, 0.1) is 12.8 Å². The molecule has 104 valence electrons. The fourth-order valence-electron chi connectivity index (χ4n) is 2.04. The van der Waals surface area contributed by atoms with E-state index in [4.69, 9.17) is 5.11 Å². The van der Waals surface area contributed by atoms with Crippen LogP contribution >= 0.6 is 0 Å². The van der Waals surface area contributed by atoms with Crippen molar-refractivity contribution in [1.29, 1.82) is 0 Å². The van der Waals surface area contributed by atoms with E-state index in [0.717, 1.165) is 6.42 Å². The van der Waals surface area contributed by atoms with Gasteiger partial charge in [0.15, 0.2) is 0 Å². The van der Waals surface area contributed by atoms with Gasteiger partial charge in [-0.25, -0.2) is 0 Å². The van der Waals surface area contributed by atoms with E-state index in [-0.39, 0.29) is 13.0 Å². The van der Waals surface area contributed by atoms with Gasteiger partial charge in [0, 0.05) is 13.0 Å². The van der Waals surface area contributed by atoms with Gasteiger partial charge in [-0.1, -0.05) is 6.42 Å². The van der Waals surface area contributed by atoms with E-state index in [1.54, 1.807) is 0 Å². The number of alkyl halides is 3. The summed E-state index contributed by atoms with van der Waals surface area (Å²) in [5, 5.41) is 11.1. The highest BCUT2D eigenvalue weighted by atomic mass is 19.4. The molecule has 2 N–H and O–H groups in total. The Balaban J connectivity index is 2.30. The van der Waals surface area contributed by atoms with Crippen LogP contribution in [0.3, 0.4) is 0 Å². The van der Waals surface area contributed by atoms with E-state index in [1.165, 1.54) is 0 Å². The van der Waals surface area contributed by atoms with Crippen LogP contribution in [0.25, 0.3) is 0 Å². The van der Waals surface area contributed by atoms with Crippen molar-refractivity contribution in [3.8, 4) is 0 Å². The monoisotopic (exact) mass is 267 g/mol. The van der Waals surface area contributed by atoms with Crippen molar-refractivity contribution >= 4 is 11.9 Å². The van der Waals surface area contributed by atoms with Gasteiger partial charge < -0.3 is 10.4 Å². The van der Waals surface area contributed by atoms with Crippen molar-refractivity contribution in [3.05, 3.63) is 0 Å². The minimum Gasteiger partial charge on any atom is -0.481 e. The molecule has 1 aliphatic rings. The maximum atomic E-state index is 11.9. The number of carbonyl (C=O) groups excluding carboxylic acids is 1. The number of hydrogen-bond donors (Lipinski definition) is 2. The van der Waals surface area contributed by atoms with Gasteiger partial charge >= 0.3 is 12.1 Å². The van der Waals surface area contributed by atoms with Crippen molar-refractivity contribution < 1.29 is 27.9 Å². The molecule has 0 heterocycles. The fourth-order valence-corrected chi connectivity index (χ4v) is 2.04. The Morgan fingerprint density at radius 1 is 1.28 bits per heavy atom. The summed E-state index contributed by atoms with van der Waals surface area (Å²) in [4.78, 5) is 21.9. The van der Waals surface area contributed by atoms with Crippen molar-refractivity contribution in [1.82, 2.24) is 5.32 Å². The van der Waals surface area contributed by atoms with E-state index in [9.17, 15) is 22.8 Å². The van der Waals surface area contributed by atoms with Gasteiger partial charge in [0.25, 0.3) is 0 Å². The highest BCUT2D eigenvalue weighted by Crippen LogP contribution is 2.43. The Labute approximate surface area is 103 Å². The second kappa shape index (κ2) is 5.58. The van der Waals surface area contributed by atoms with Crippen molar-refractivity contribution in [2.24, 2.45) is 5.41 Å². The normalized spacial score (nSPS) is 17.9. The lowest BCUT2D eigenvalue weighted by Crippen LogP contribution is -2.43. The first-order valence-corrected chi connectivity index (χ1v) is 5.78. The molecule has 1 amide bonds. The Hall–Kier alpha value is -1.27. The Morgan fingerprint density at radius 3 is 2.28 bits per heavy atom. The number of halogens is 3. The number of rotatable bonds is 6. The number of amides is 1. The van der Waals surface area contributed by atoms with Gasteiger partial charge in [-0.15, -0.1) is 0 Å². The highest BCUT2D eigenvalue weighted by Gasteiger charge is 2.39. The summed E-state index contributed by atoms with van der Waals surface area (Å²) in [5.74, 6) is -1.62. The van der Waals surface area contributed by atoms with Gasteiger partial charge in [-0.2, -0.15) is 13.2 Å². The molecule has 0 aromatic heterocycles. The molecule has 4 nitrogen and oxygen atoms in total. The fraction of sp³-hybridized carbons (Fsp3) is 0.818. The predicted octanol–water partition coefficient (Wildman–Crippen LogP) is 2.09. The number of carboxylic acid groups (broad SMARTS) is 1. The Kier molecular flexibility index (Phi) is 4.59. The van der Waals surface area contributed by atoms with Crippen LogP contribution in [-0.4, -0.2) is 29.7 Å². The van der Waals surface area contributed by atoms with Crippen LogP contribution in [0.4, 0.5) is 13.2 Å². The average Bonchev–Trinajstić information content (AvgIpc) is 2.17.